The standard InChI is InChI=1S/C10H22N2O2/c1-2-14-9-4-3-8-12-10(13)6-5-7-11/h2-9,11H2,1H3,(H,12,13). The molecule has 0 fully saturated rings. The van der Waals surface area contributed by atoms with Crippen LogP contribution in [0.4, 0.5) is 0 Å². The van der Waals surface area contributed by atoms with Gasteiger partial charge in [0.2, 0.25) is 5.91 Å². The molecule has 0 aliphatic heterocycles. The predicted octanol–water partition coefficient (Wildman–Crippen LogP) is 0.658. The Morgan fingerprint density at radius 1 is 1.36 bits per heavy atom. The fourth-order valence-corrected chi connectivity index (χ4v) is 1.05. The van der Waals surface area contributed by atoms with Gasteiger partial charge in [0, 0.05) is 26.2 Å². The van der Waals surface area contributed by atoms with Crippen LogP contribution in [-0.2, 0) is 9.53 Å². The number of carbonyl (C=O) groups excluding carboxylic acids is 1. The van der Waals surface area contributed by atoms with Gasteiger partial charge in [-0.3, -0.25) is 4.79 Å². The maximum atomic E-state index is 11.1. The molecule has 0 aliphatic carbocycles. The summed E-state index contributed by atoms with van der Waals surface area (Å²) >= 11 is 0. The molecule has 4 nitrogen and oxygen atoms in total. The van der Waals surface area contributed by atoms with Gasteiger partial charge in [0.15, 0.2) is 0 Å². The lowest BCUT2D eigenvalue weighted by Crippen LogP contribution is -2.24. The van der Waals surface area contributed by atoms with Crippen molar-refractivity contribution in [2.75, 3.05) is 26.3 Å². The zero-order chi connectivity index (χ0) is 10.6. The van der Waals surface area contributed by atoms with E-state index in [1.54, 1.807) is 0 Å². The van der Waals surface area contributed by atoms with Crippen LogP contribution in [0, 0.1) is 0 Å². The topological polar surface area (TPSA) is 64.3 Å². The van der Waals surface area contributed by atoms with Crippen molar-refractivity contribution in [1.29, 1.82) is 0 Å². The third kappa shape index (κ3) is 9.48. The molecule has 0 aromatic heterocycles. The fourth-order valence-electron chi connectivity index (χ4n) is 1.05. The average Bonchev–Trinajstić information content (AvgIpc) is 2.20. The van der Waals surface area contributed by atoms with E-state index in [2.05, 4.69) is 5.32 Å². The average molecular weight is 202 g/mol. The van der Waals surface area contributed by atoms with Gasteiger partial charge in [-0.25, -0.2) is 0 Å². The van der Waals surface area contributed by atoms with Crippen LogP contribution in [0.3, 0.4) is 0 Å². The van der Waals surface area contributed by atoms with E-state index in [0.29, 0.717) is 13.0 Å². The molecule has 0 atom stereocenters. The van der Waals surface area contributed by atoms with Gasteiger partial charge in [0.1, 0.15) is 0 Å². The lowest BCUT2D eigenvalue weighted by Gasteiger charge is -2.04. The van der Waals surface area contributed by atoms with Crippen molar-refractivity contribution in [3.05, 3.63) is 0 Å². The minimum atomic E-state index is 0.104. The van der Waals surface area contributed by atoms with E-state index in [0.717, 1.165) is 39.0 Å². The number of nitrogens with one attached hydrogen (secondary N) is 1. The van der Waals surface area contributed by atoms with E-state index < -0.39 is 0 Å². The number of carbonyl (C=O) groups is 1. The molecule has 0 aromatic carbocycles. The van der Waals surface area contributed by atoms with E-state index in [9.17, 15) is 4.79 Å². The molecule has 84 valence electrons. The van der Waals surface area contributed by atoms with Crippen LogP contribution < -0.4 is 11.1 Å². The molecule has 0 bridgehead atoms. The van der Waals surface area contributed by atoms with Crippen molar-refractivity contribution < 1.29 is 9.53 Å². The van der Waals surface area contributed by atoms with Gasteiger partial charge in [-0.05, 0) is 32.7 Å². The Labute approximate surface area is 86.2 Å². The van der Waals surface area contributed by atoms with Gasteiger partial charge < -0.3 is 15.8 Å². The molecule has 0 heterocycles. The van der Waals surface area contributed by atoms with Crippen LogP contribution in [0.1, 0.15) is 32.6 Å². The summed E-state index contributed by atoms with van der Waals surface area (Å²) < 4.78 is 5.18. The SMILES string of the molecule is CCOCCCCNC(=O)CCCN. The molecule has 0 rings (SSSR count). The van der Waals surface area contributed by atoms with Crippen molar-refractivity contribution in [3.63, 3.8) is 0 Å². The summed E-state index contributed by atoms with van der Waals surface area (Å²) in [6, 6.07) is 0. The monoisotopic (exact) mass is 202 g/mol. The van der Waals surface area contributed by atoms with Crippen LogP contribution in [0.15, 0.2) is 0 Å². The molecule has 0 spiro atoms. The number of hydrogen-bond donors (Lipinski definition) is 2. The molecule has 3 N–H and O–H groups in total. The third-order valence-electron chi connectivity index (χ3n) is 1.85. The van der Waals surface area contributed by atoms with Crippen LogP contribution in [0.2, 0.25) is 0 Å². The molecule has 0 unspecified atom stereocenters. The van der Waals surface area contributed by atoms with E-state index in [1.807, 2.05) is 6.92 Å². The zero-order valence-corrected chi connectivity index (χ0v) is 9.05. The van der Waals surface area contributed by atoms with Crippen molar-refractivity contribution in [1.82, 2.24) is 5.32 Å². The van der Waals surface area contributed by atoms with E-state index in [1.165, 1.54) is 0 Å². The highest BCUT2D eigenvalue weighted by Gasteiger charge is 1.98. The summed E-state index contributed by atoms with van der Waals surface area (Å²) in [5.74, 6) is 0.104. The second-order valence-electron chi connectivity index (χ2n) is 3.15. The Balaban J connectivity index is 3.07. The quantitative estimate of drug-likeness (QED) is 0.540. The van der Waals surface area contributed by atoms with Gasteiger partial charge in [-0.15, -0.1) is 0 Å². The van der Waals surface area contributed by atoms with Crippen molar-refractivity contribution in [3.8, 4) is 0 Å². The van der Waals surface area contributed by atoms with Crippen molar-refractivity contribution in [2.24, 2.45) is 5.73 Å². The molecule has 0 radical (unpaired) electrons. The second kappa shape index (κ2) is 10.5. The largest absolute Gasteiger partial charge is 0.382 e. The highest BCUT2D eigenvalue weighted by Crippen LogP contribution is 1.90. The van der Waals surface area contributed by atoms with E-state index in [-0.39, 0.29) is 5.91 Å². The minimum absolute atomic E-state index is 0.104. The third-order valence-corrected chi connectivity index (χ3v) is 1.85. The Morgan fingerprint density at radius 2 is 2.14 bits per heavy atom. The Hall–Kier alpha value is -0.610. The van der Waals surface area contributed by atoms with Gasteiger partial charge in [-0.2, -0.15) is 0 Å². The number of hydrogen-bond acceptors (Lipinski definition) is 3. The number of rotatable bonds is 9. The first kappa shape index (κ1) is 13.4. The van der Waals surface area contributed by atoms with Crippen molar-refractivity contribution in [2.45, 2.75) is 32.6 Å². The van der Waals surface area contributed by atoms with Crippen LogP contribution >= 0.6 is 0 Å². The first-order valence-corrected chi connectivity index (χ1v) is 5.35. The summed E-state index contributed by atoms with van der Waals surface area (Å²) in [5, 5.41) is 2.84. The minimum Gasteiger partial charge on any atom is -0.382 e. The Kier molecular flexibility index (Phi) is 10.0. The second-order valence-corrected chi connectivity index (χ2v) is 3.15. The summed E-state index contributed by atoms with van der Waals surface area (Å²) in [5.41, 5.74) is 5.29. The van der Waals surface area contributed by atoms with Gasteiger partial charge in [0.05, 0.1) is 0 Å². The normalized spacial score (nSPS) is 10.1. The summed E-state index contributed by atoms with van der Waals surface area (Å²) in [6.07, 6.45) is 3.30. The zero-order valence-electron chi connectivity index (χ0n) is 9.05. The molecule has 0 saturated heterocycles. The molecular formula is C10H22N2O2. The molecular weight excluding hydrogens is 180 g/mol. The highest BCUT2D eigenvalue weighted by molar-refractivity contribution is 5.75. The first-order valence-electron chi connectivity index (χ1n) is 5.35. The highest BCUT2D eigenvalue weighted by atomic mass is 16.5. The first-order chi connectivity index (χ1) is 6.81. The maximum Gasteiger partial charge on any atom is 0.220 e. The molecule has 0 aliphatic rings. The van der Waals surface area contributed by atoms with Crippen LogP contribution in [-0.4, -0.2) is 32.2 Å². The molecule has 0 aromatic rings. The van der Waals surface area contributed by atoms with Gasteiger partial charge in [-0.1, -0.05) is 0 Å². The predicted molar refractivity (Wildman–Crippen MR) is 57.0 cm³/mol. The summed E-state index contributed by atoms with van der Waals surface area (Å²) in [4.78, 5) is 11.1. The van der Waals surface area contributed by atoms with Crippen LogP contribution in [0.25, 0.3) is 0 Å². The smallest absolute Gasteiger partial charge is 0.220 e. The van der Waals surface area contributed by atoms with Gasteiger partial charge >= 0.3 is 0 Å². The van der Waals surface area contributed by atoms with Gasteiger partial charge in [0.25, 0.3) is 0 Å². The molecule has 4 heteroatoms. The molecule has 1 amide bonds. The summed E-state index contributed by atoms with van der Waals surface area (Å²) in [6.45, 7) is 4.86. The number of ether oxygens (including phenoxy) is 1. The molecule has 0 saturated carbocycles. The van der Waals surface area contributed by atoms with Crippen molar-refractivity contribution >= 4 is 5.91 Å². The molecule has 14 heavy (non-hydrogen) atoms. The number of nitrogens with two attached hydrogens (primary N) is 1. The fraction of sp³-hybridized carbons (Fsp3) is 0.900. The number of unbranched alkanes of at least 4 members (excludes halogenated alkanes) is 1. The summed E-state index contributed by atoms with van der Waals surface area (Å²) in [7, 11) is 0. The Morgan fingerprint density at radius 3 is 2.79 bits per heavy atom. The number of amides is 1. The van der Waals surface area contributed by atoms with E-state index in [4.69, 9.17) is 10.5 Å². The van der Waals surface area contributed by atoms with Crippen LogP contribution in [0.5, 0.6) is 0 Å². The lowest BCUT2D eigenvalue weighted by molar-refractivity contribution is -0.121. The van der Waals surface area contributed by atoms with E-state index >= 15 is 0 Å². The Bertz CT molecular complexity index is 140. The lowest BCUT2D eigenvalue weighted by atomic mass is 10.3. The maximum absolute atomic E-state index is 11.1.